The number of esters is 2. The second kappa shape index (κ2) is 9.62. The zero-order valence-electron chi connectivity index (χ0n) is 13.3. The molecule has 0 saturated heterocycles. The van der Waals surface area contributed by atoms with Gasteiger partial charge in [-0.05, 0) is 12.1 Å². The van der Waals surface area contributed by atoms with Gasteiger partial charge in [-0.3, -0.25) is 19.2 Å². The topological polar surface area (TPSA) is 124 Å². The summed E-state index contributed by atoms with van der Waals surface area (Å²) in [5.41, 5.74) is 0.143. The minimum Gasteiger partial charge on any atom is -0.463 e. The number of carbonyl (C=O) groups excluding carboxylic acids is 4. The molecule has 10 heteroatoms. The first-order valence-electron chi connectivity index (χ1n) is 7.48. The molecule has 2 amide bonds. The third kappa shape index (κ3) is 6.42. The van der Waals surface area contributed by atoms with Crippen LogP contribution in [0.2, 0.25) is 0 Å². The number of nitrogens with one attached hydrogen (secondary N) is 2. The van der Waals surface area contributed by atoms with Gasteiger partial charge in [0, 0.05) is 0 Å². The number of pyridine rings is 1. The van der Waals surface area contributed by atoms with Crippen LogP contribution in [0.1, 0.15) is 21.0 Å². The zero-order chi connectivity index (χ0) is 18.1. The van der Waals surface area contributed by atoms with E-state index < -0.39 is 23.8 Å². The molecule has 0 atom stereocenters. The van der Waals surface area contributed by atoms with Gasteiger partial charge < -0.3 is 20.1 Å². The molecule has 2 heterocycles. The Bertz CT molecular complexity index is 615. The van der Waals surface area contributed by atoms with Gasteiger partial charge in [0.1, 0.15) is 24.6 Å². The highest BCUT2D eigenvalue weighted by Gasteiger charge is 2.13. The molecule has 2 N–H and O–H groups in total. The van der Waals surface area contributed by atoms with Crippen LogP contribution in [0.3, 0.4) is 0 Å². The largest absolute Gasteiger partial charge is 0.463 e. The lowest BCUT2D eigenvalue weighted by Crippen LogP contribution is -2.31. The summed E-state index contributed by atoms with van der Waals surface area (Å²) in [5, 5.41) is 5.09. The molecule has 1 aliphatic rings. The molecule has 0 saturated carbocycles. The van der Waals surface area contributed by atoms with Gasteiger partial charge in [-0.15, -0.1) is 11.8 Å². The van der Waals surface area contributed by atoms with Gasteiger partial charge in [-0.25, -0.2) is 4.98 Å². The van der Waals surface area contributed by atoms with Crippen LogP contribution in [-0.4, -0.2) is 66.5 Å². The number of nitrogens with zero attached hydrogens (tertiary/aromatic N) is 1. The number of carbonyl (C=O) groups is 4. The summed E-state index contributed by atoms with van der Waals surface area (Å²) in [5.74, 6) is -1.92. The van der Waals surface area contributed by atoms with Crippen molar-refractivity contribution in [3.63, 3.8) is 0 Å². The third-order valence-corrected chi connectivity index (χ3v) is 3.84. The number of amides is 2. The van der Waals surface area contributed by atoms with Gasteiger partial charge in [-0.2, -0.15) is 0 Å². The molecule has 0 spiro atoms. The summed E-state index contributed by atoms with van der Waals surface area (Å²) < 4.78 is 9.86. The van der Waals surface area contributed by atoms with E-state index in [1.54, 1.807) is 0 Å². The normalized spacial score (nSPS) is 18.1. The molecule has 2 bridgehead atoms. The Kier molecular flexibility index (Phi) is 7.20. The van der Waals surface area contributed by atoms with Crippen molar-refractivity contribution >= 4 is 35.5 Å². The van der Waals surface area contributed by atoms with E-state index in [0.29, 0.717) is 0 Å². The van der Waals surface area contributed by atoms with Crippen LogP contribution in [0.15, 0.2) is 18.2 Å². The van der Waals surface area contributed by atoms with Gasteiger partial charge in [0.2, 0.25) is 0 Å². The van der Waals surface area contributed by atoms with E-state index in [2.05, 4.69) is 15.6 Å². The van der Waals surface area contributed by atoms with Gasteiger partial charge in [0.15, 0.2) is 0 Å². The number of fused-ring (bicyclic) bond motifs is 2. The van der Waals surface area contributed by atoms with Gasteiger partial charge in [0.25, 0.3) is 11.8 Å². The van der Waals surface area contributed by atoms with Crippen molar-refractivity contribution in [2.24, 2.45) is 0 Å². The summed E-state index contributed by atoms with van der Waals surface area (Å²) in [6.45, 7) is 0.205. The number of rotatable bonds is 0. The van der Waals surface area contributed by atoms with Crippen LogP contribution in [0.4, 0.5) is 0 Å². The van der Waals surface area contributed by atoms with Crippen LogP contribution in [0.25, 0.3) is 0 Å². The van der Waals surface area contributed by atoms with Crippen LogP contribution in [-0.2, 0) is 19.1 Å². The van der Waals surface area contributed by atoms with Crippen LogP contribution in [0, 0.1) is 0 Å². The SMILES string of the molecule is O=C1CSCC(=O)OCCNC(=O)c2cccc(n2)C(=O)NCCO1. The molecular formula is C15H17N3O6S. The molecule has 1 aromatic rings. The maximum Gasteiger partial charge on any atom is 0.315 e. The van der Waals surface area contributed by atoms with Crippen molar-refractivity contribution < 1.29 is 28.7 Å². The quantitative estimate of drug-likeness (QED) is 0.581. The van der Waals surface area contributed by atoms with Crippen LogP contribution >= 0.6 is 11.8 Å². The molecule has 0 fully saturated rings. The smallest absolute Gasteiger partial charge is 0.315 e. The first kappa shape index (κ1) is 18.7. The molecule has 0 aliphatic carbocycles. The van der Waals surface area contributed by atoms with E-state index >= 15 is 0 Å². The maximum absolute atomic E-state index is 12.0. The summed E-state index contributed by atoms with van der Waals surface area (Å²) in [6, 6.07) is 4.47. The fourth-order valence-corrected chi connectivity index (χ4v) is 2.43. The summed E-state index contributed by atoms with van der Waals surface area (Å²) in [4.78, 5) is 50.9. The molecule has 0 radical (unpaired) electrons. The molecule has 2 rings (SSSR count). The maximum atomic E-state index is 12.0. The Labute approximate surface area is 147 Å². The number of ether oxygens (including phenoxy) is 2. The van der Waals surface area contributed by atoms with E-state index in [4.69, 9.17) is 9.47 Å². The lowest BCUT2D eigenvalue weighted by Gasteiger charge is -2.09. The van der Waals surface area contributed by atoms with E-state index in [1.165, 1.54) is 18.2 Å². The van der Waals surface area contributed by atoms with Crippen LogP contribution in [0.5, 0.6) is 0 Å². The van der Waals surface area contributed by atoms with E-state index in [-0.39, 0.29) is 49.2 Å². The van der Waals surface area contributed by atoms with E-state index in [1.807, 2.05) is 0 Å². The first-order chi connectivity index (χ1) is 12.1. The number of thioether (sulfide) groups is 1. The van der Waals surface area contributed by atoms with Crippen molar-refractivity contribution in [3.05, 3.63) is 29.6 Å². The first-order valence-corrected chi connectivity index (χ1v) is 8.64. The highest BCUT2D eigenvalue weighted by Crippen LogP contribution is 2.03. The average Bonchev–Trinajstić information content (AvgIpc) is 2.61. The van der Waals surface area contributed by atoms with Gasteiger partial charge >= 0.3 is 11.9 Å². The summed E-state index contributed by atoms with van der Waals surface area (Å²) >= 11 is 1.07. The molecule has 0 unspecified atom stereocenters. The minimum atomic E-state index is -0.486. The molecule has 0 aromatic carbocycles. The Hall–Kier alpha value is -2.62. The Morgan fingerprint density at radius 3 is 1.80 bits per heavy atom. The summed E-state index contributed by atoms with van der Waals surface area (Å²) in [6.07, 6.45) is 0. The van der Waals surface area contributed by atoms with E-state index in [0.717, 1.165) is 11.8 Å². The predicted molar refractivity (Wildman–Crippen MR) is 88.1 cm³/mol. The Morgan fingerprint density at radius 2 is 1.32 bits per heavy atom. The number of hydrogen-bond donors (Lipinski definition) is 2. The van der Waals surface area contributed by atoms with Crippen molar-refractivity contribution in [2.45, 2.75) is 0 Å². The number of cyclic esters (lactones) is 2. The second-order valence-corrected chi connectivity index (χ2v) is 5.84. The molecular weight excluding hydrogens is 350 g/mol. The Balaban J connectivity index is 2.03. The van der Waals surface area contributed by atoms with Crippen LogP contribution < -0.4 is 10.6 Å². The standard InChI is InChI=1S/C15H17N3O6S/c19-12-8-25-9-13(20)24-7-5-17-15(22)11-3-1-2-10(18-11)14(21)16-4-6-23-12/h1-3H,4-9H2,(H,16,21)(H,17,22). The molecule has 1 aromatic heterocycles. The predicted octanol–water partition coefficient (Wildman–Crippen LogP) is -0.626. The highest BCUT2D eigenvalue weighted by atomic mass is 32.2. The number of hydrogen-bond acceptors (Lipinski definition) is 8. The molecule has 25 heavy (non-hydrogen) atoms. The number of aromatic nitrogens is 1. The monoisotopic (exact) mass is 367 g/mol. The van der Waals surface area contributed by atoms with Crippen molar-refractivity contribution in [1.29, 1.82) is 0 Å². The second-order valence-electron chi connectivity index (χ2n) is 4.85. The average molecular weight is 367 g/mol. The molecule has 9 nitrogen and oxygen atoms in total. The van der Waals surface area contributed by atoms with Crippen molar-refractivity contribution in [2.75, 3.05) is 37.8 Å². The lowest BCUT2D eigenvalue weighted by atomic mass is 10.2. The molecule has 1 aliphatic heterocycles. The van der Waals surface area contributed by atoms with Gasteiger partial charge in [-0.1, -0.05) is 6.07 Å². The zero-order valence-corrected chi connectivity index (χ0v) is 14.1. The van der Waals surface area contributed by atoms with Gasteiger partial charge in [0.05, 0.1) is 24.6 Å². The Morgan fingerprint density at radius 1 is 0.840 bits per heavy atom. The van der Waals surface area contributed by atoms with Crippen molar-refractivity contribution in [3.8, 4) is 0 Å². The fourth-order valence-electron chi connectivity index (χ4n) is 1.83. The molecule has 134 valence electrons. The minimum absolute atomic E-state index is 0.00336. The summed E-state index contributed by atoms with van der Waals surface area (Å²) in [7, 11) is 0. The van der Waals surface area contributed by atoms with E-state index in [9.17, 15) is 19.2 Å². The fraction of sp³-hybridized carbons (Fsp3) is 0.400. The lowest BCUT2D eigenvalue weighted by molar-refractivity contribution is -0.140. The van der Waals surface area contributed by atoms with Crippen molar-refractivity contribution in [1.82, 2.24) is 15.6 Å². The highest BCUT2D eigenvalue weighted by molar-refractivity contribution is 8.00. The third-order valence-electron chi connectivity index (χ3n) is 2.96.